The first-order chi connectivity index (χ1) is 8.63. The van der Waals surface area contributed by atoms with Crippen molar-refractivity contribution in [2.24, 2.45) is 0 Å². The Morgan fingerprint density at radius 1 is 1.50 bits per heavy atom. The van der Waals surface area contributed by atoms with E-state index in [4.69, 9.17) is 11.6 Å². The van der Waals surface area contributed by atoms with Crippen molar-refractivity contribution in [1.29, 1.82) is 0 Å². The van der Waals surface area contributed by atoms with Crippen molar-refractivity contribution in [3.05, 3.63) is 51.0 Å². The summed E-state index contributed by atoms with van der Waals surface area (Å²) in [5, 5.41) is 3.98. The van der Waals surface area contributed by atoms with Crippen LogP contribution in [0.1, 0.15) is 24.7 Å². The van der Waals surface area contributed by atoms with E-state index in [1.165, 1.54) is 16.7 Å². The summed E-state index contributed by atoms with van der Waals surface area (Å²) in [6.45, 7) is 2.42. The number of nitrogens with zero attached hydrogens (tertiary/aromatic N) is 2. The Kier molecular flexibility index (Phi) is 3.81. The van der Waals surface area contributed by atoms with Gasteiger partial charge in [-0.3, -0.25) is 9.09 Å². The standard InChI is InChI=1S/C12H12ClFN2O2/c1-2-6-16-11(15-18-12(16)17)7-8-9(13)4-3-5-10(8)14/h3-5H,2,6-7H2,1H3. The summed E-state index contributed by atoms with van der Waals surface area (Å²) in [6, 6.07) is 4.45. The second-order valence-corrected chi connectivity index (χ2v) is 4.30. The molecule has 0 amide bonds. The van der Waals surface area contributed by atoms with E-state index in [9.17, 15) is 9.18 Å². The van der Waals surface area contributed by atoms with Crippen LogP contribution in [-0.2, 0) is 13.0 Å². The van der Waals surface area contributed by atoms with Crippen LogP contribution in [0.25, 0.3) is 0 Å². The minimum Gasteiger partial charge on any atom is -0.296 e. The lowest BCUT2D eigenvalue weighted by Crippen LogP contribution is -2.17. The van der Waals surface area contributed by atoms with E-state index in [-0.39, 0.29) is 6.42 Å². The van der Waals surface area contributed by atoms with Gasteiger partial charge in [0.2, 0.25) is 0 Å². The van der Waals surface area contributed by atoms with Gasteiger partial charge in [-0.1, -0.05) is 29.7 Å². The van der Waals surface area contributed by atoms with Gasteiger partial charge in [0.15, 0.2) is 5.82 Å². The molecule has 0 fully saturated rings. The molecule has 0 aliphatic heterocycles. The Labute approximate surface area is 108 Å². The topological polar surface area (TPSA) is 48.0 Å². The molecule has 2 aromatic rings. The van der Waals surface area contributed by atoms with Crippen LogP contribution in [0.4, 0.5) is 4.39 Å². The predicted molar refractivity (Wildman–Crippen MR) is 65.3 cm³/mol. The zero-order valence-corrected chi connectivity index (χ0v) is 10.6. The third-order valence-corrected chi connectivity index (χ3v) is 2.96. The van der Waals surface area contributed by atoms with E-state index in [0.717, 1.165) is 6.42 Å². The maximum Gasteiger partial charge on any atom is 0.441 e. The van der Waals surface area contributed by atoms with Crippen LogP contribution in [0, 0.1) is 5.82 Å². The van der Waals surface area contributed by atoms with Gasteiger partial charge >= 0.3 is 5.76 Å². The molecule has 4 nitrogen and oxygen atoms in total. The number of halogens is 2. The molecule has 0 atom stereocenters. The van der Waals surface area contributed by atoms with Crippen LogP contribution >= 0.6 is 11.6 Å². The summed E-state index contributed by atoms with van der Waals surface area (Å²) >= 11 is 5.93. The van der Waals surface area contributed by atoms with E-state index in [1.54, 1.807) is 6.07 Å². The fourth-order valence-corrected chi connectivity index (χ4v) is 1.96. The zero-order chi connectivity index (χ0) is 13.1. The third kappa shape index (κ3) is 2.46. The highest BCUT2D eigenvalue weighted by molar-refractivity contribution is 6.31. The van der Waals surface area contributed by atoms with Crippen LogP contribution in [-0.4, -0.2) is 9.72 Å². The summed E-state index contributed by atoms with van der Waals surface area (Å²) < 4.78 is 19.6. The molecule has 0 radical (unpaired) electrons. The molecule has 1 aromatic heterocycles. The smallest absolute Gasteiger partial charge is 0.296 e. The summed E-state index contributed by atoms with van der Waals surface area (Å²) in [5.74, 6) is -0.561. The van der Waals surface area contributed by atoms with Crippen LogP contribution in [0.15, 0.2) is 27.5 Å². The van der Waals surface area contributed by atoms with Crippen LogP contribution in [0.2, 0.25) is 5.02 Å². The summed E-state index contributed by atoms with van der Waals surface area (Å²) in [7, 11) is 0. The third-order valence-electron chi connectivity index (χ3n) is 2.60. The van der Waals surface area contributed by atoms with E-state index < -0.39 is 11.6 Å². The van der Waals surface area contributed by atoms with Gasteiger partial charge in [0.25, 0.3) is 0 Å². The molecule has 1 heterocycles. The molecule has 2 rings (SSSR count). The Morgan fingerprint density at radius 2 is 2.28 bits per heavy atom. The first-order valence-electron chi connectivity index (χ1n) is 5.61. The van der Waals surface area contributed by atoms with Crippen LogP contribution < -0.4 is 5.76 Å². The molecule has 0 aliphatic rings. The van der Waals surface area contributed by atoms with Gasteiger partial charge < -0.3 is 0 Å². The molecule has 1 aromatic carbocycles. The lowest BCUT2D eigenvalue weighted by Gasteiger charge is -2.05. The van der Waals surface area contributed by atoms with Crippen LogP contribution in [0.3, 0.4) is 0 Å². The molecule has 0 saturated heterocycles. The van der Waals surface area contributed by atoms with Crippen molar-refractivity contribution in [3.63, 3.8) is 0 Å². The number of aromatic nitrogens is 2. The quantitative estimate of drug-likeness (QED) is 0.858. The van der Waals surface area contributed by atoms with Gasteiger partial charge in [0, 0.05) is 23.6 Å². The minimum atomic E-state index is -0.528. The molecule has 0 aliphatic carbocycles. The molecule has 0 bridgehead atoms. The molecule has 96 valence electrons. The van der Waals surface area contributed by atoms with Crippen LogP contribution in [0.5, 0.6) is 0 Å². The van der Waals surface area contributed by atoms with Gasteiger partial charge in [0.1, 0.15) is 5.82 Å². The maximum atomic E-state index is 13.6. The fourth-order valence-electron chi connectivity index (χ4n) is 1.73. The molecule has 0 spiro atoms. The number of rotatable bonds is 4. The lowest BCUT2D eigenvalue weighted by atomic mass is 10.1. The normalized spacial score (nSPS) is 10.8. The average Bonchev–Trinajstić information content (AvgIpc) is 2.67. The molecule has 0 unspecified atom stereocenters. The van der Waals surface area contributed by atoms with Crippen molar-refractivity contribution in [1.82, 2.24) is 9.72 Å². The monoisotopic (exact) mass is 270 g/mol. The fraction of sp³-hybridized carbons (Fsp3) is 0.333. The largest absolute Gasteiger partial charge is 0.441 e. The van der Waals surface area contributed by atoms with E-state index in [1.807, 2.05) is 6.92 Å². The minimum absolute atomic E-state index is 0.136. The highest BCUT2D eigenvalue weighted by Crippen LogP contribution is 2.21. The number of benzene rings is 1. The van der Waals surface area contributed by atoms with Crippen molar-refractivity contribution >= 4 is 11.6 Å². The second kappa shape index (κ2) is 5.35. The van der Waals surface area contributed by atoms with Gasteiger partial charge in [-0.15, -0.1) is 0 Å². The van der Waals surface area contributed by atoms with Crippen molar-refractivity contribution < 1.29 is 8.91 Å². The first kappa shape index (κ1) is 12.8. The second-order valence-electron chi connectivity index (χ2n) is 3.89. The Hall–Kier alpha value is -1.62. The van der Waals surface area contributed by atoms with E-state index >= 15 is 0 Å². The molecule has 6 heteroatoms. The maximum absolute atomic E-state index is 13.6. The van der Waals surface area contributed by atoms with Crippen molar-refractivity contribution in [3.8, 4) is 0 Å². The van der Waals surface area contributed by atoms with Crippen molar-refractivity contribution in [2.75, 3.05) is 0 Å². The lowest BCUT2D eigenvalue weighted by molar-refractivity contribution is 0.373. The van der Waals surface area contributed by atoms with E-state index in [2.05, 4.69) is 9.68 Å². The molecule has 0 N–H and O–H groups in total. The number of hydrogen-bond donors (Lipinski definition) is 0. The van der Waals surface area contributed by atoms with Gasteiger partial charge in [0.05, 0.1) is 0 Å². The molecular formula is C12H12ClFN2O2. The average molecular weight is 271 g/mol. The molecule has 18 heavy (non-hydrogen) atoms. The zero-order valence-electron chi connectivity index (χ0n) is 9.82. The Balaban J connectivity index is 2.37. The predicted octanol–water partition coefficient (Wildman–Crippen LogP) is 2.63. The number of hydrogen-bond acceptors (Lipinski definition) is 3. The molecule has 0 saturated carbocycles. The summed E-state index contributed by atoms with van der Waals surface area (Å²) in [6.07, 6.45) is 0.899. The van der Waals surface area contributed by atoms with Gasteiger partial charge in [-0.2, -0.15) is 0 Å². The first-order valence-corrected chi connectivity index (χ1v) is 5.99. The SMILES string of the molecule is CCCn1c(Cc2c(F)cccc2Cl)noc1=O. The molecular weight excluding hydrogens is 259 g/mol. The Bertz CT molecular complexity index is 586. The van der Waals surface area contributed by atoms with Crippen molar-refractivity contribution in [2.45, 2.75) is 26.3 Å². The van der Waals surface area contributed by atoms with Gasteiger partial charge in [-0.25, -0.2) is 9.18 Å². The van der Waals surface area contributed by atoms with E-state index in [0.29, 0.717) is 23.0 Å². The highest BCUT2D eigenvalue weighted by Gasteiger charge is 2.14. The van der Waals surface area contributed by atoms with Gasteiger partial charge in [-0.05, 0) is 18.6 Å². The highest BCUT2D eigenvalue weighted by atomic mass is 35.5. The summed E-state index contributed by atoms with van der Waals surface area (Å²) in [5.41, 5.74) is 0.317. The Morgan fingerprint density at radius 3 is 2.94 bits per heavy atom. The summed E-state index contributed by atoms with van der Waals surface area (Å²) in [4.78, 5) is 11.4.